The predicted molar refractivity (Wildman–Crippen MR) is 63.9 cm³/mol. The van der Waals surface area contributed by atoms with Crippen LogP contribution in [0.5, 0.6) is 0 Å². The van der Waals surface area contributed by atoms with Gasteiger partial charge in [-0.1, -0.05) is 0 Å². The first-order valence-corrected chi connectivity index (χ1v) is 6.27. The van der Waals surface area contributed by atoms with Gasteiger partial charge >= 0.3 is 6.18 Å². The Bertz CT molecular complexity index is 486. The predicted octanol–water partition coefficient (Wildman–Crippen LogP) is 1.60. The summed E-state index contributed by atoms with van der Waals surface area (Å²) in [5.74, 6) is 0.549. The number of alkyl halides is 3. The van der Waals surface area contributed by atoms with Gasteiger partial charge in [0.25, 0.3) is 0 Å². The van der Waals surface area contributed by atoms with Crippen LogP contribution in [0.15, 0.2) is 6.07 Å². The van der Waals surface area contributed by atoms with Gasteiger partial charge in [-0.05, 0) is 19.9 Å². The minimum Gasteiger partial charge on any atom is -0.355 e. The Hall–Kier alpha value is -1.37. The largest absolute Gasteiger partial charge is 0.433 e. The number of nitrogens with one attached hydrogen (secondary N) is 1. The summed E-state index contributed by atoms with van der Waals surface area (Å²) in [7, 11) is 0. The van der Waals surface area contributed by atoms with Crippen LogP contribution in [0.3, 0.4) is 0 Å². The summed E-state index contributed by atoms with van der Waals surface area (Å²) in [4.78, 5) is 9.48. The Morgan fingerprint density at radius 2 is 2.05 bits per heavy atom. The van der Waals surface area contributed by atoms with Crippen LogP contribution in [0.2, 0.25) is 0 Å². The maximum Gasteiger partial charge on any atom is 0.433 e. The van der Waals surface area contributed by atoms with Gasteiger partial charge in [-0.2, -0.15) is 13.2 Å². The molecule has 1 N–H and O–H groups in total. The fourth-order valence-electron chi connectivity index (χ4n) is 2.85. The molecule has 0 saturated carbocycles. The molecule has 0 unspecified atom stereocenters. The third-order valence-electron chi connectivity index (χ3n) is 3.82. The van der Waals surface area contributed by atoms with Gasteiger partial charge < -0.3 is 10.2 Å². The third kappa shape index (κ3) is 2.27. The number of halogens is 3. The highest BCUT2D eigenvalue weighted by Crippen LogP contribution is 2.39. The molecular weight excluding hydrogens is 257 g/mol. The van der Waals surface area contributed by atoms with Crippen molar-refractivity contribution in [2.75, 3.05) is 31.1 Å². The lowest BCUT2D eigenvalue weighted by molar-refractivity contribution is -0.141. The Kier molecular flexibility index (Phi) is 2.70. The van der Waals surface area contributed by atoms with E-state index in [9.17, 15) is 13.2 Å². The lowest BCUT2D eigenvalue weighted by atomic mass is 9.79. The zero-order chi connectivity index (χ0) is 13.7. The number of rotatable bonds is 1. The summed E-state index contributed by atoms with van der Waals surface area (Å²) >= 11 is 0. The van der Waals surface area contributed by atoms with Crippen LogP contribution in [0.25, 0.3) is 0 Å². The summed E-state index contributed by atoms with van der Waals surface area (Å²) in [6, 6.07) is 1.04. The van der Waals surface area contributed by atoms with Gasteiger partial charge in [0.1, 0.15) is 17.3 Å². The van der Waals surface area contributed by atoms with E-state index in [0.29, 0.717) is 5.82 Å². The van der Waals surface area contributed by atoms with Crippen LogP contribution < -0.4 is 10.2 Å². The summed E-state index contributed by atoms with van der Waals surface area (Å²) in [5.41, 5.74) is -0.627. The molecule has 0 aliphatic carbocycles. The fraction of sp³-hybridized carbons (Fsp3) is 0.667. The summed E-state index contributed by atoms with van der Waals surface area (Å²) in [5, 5.41) is 3.29. The van der Waals surface area contributed by atoms with E-state index in [4.69, 9.17) is 0 Å². The minimum absolute atomic E-state index is 0.162. The average Bonchev–Trinajstić information content (AvgIpc) is 2.73. The standard InChI is InChI=1S/C12H15F3N4/c1-8-17-9(12(13,14)15)4-10(18-8)19-6-11(7-19)2-3-16-5-11/h4,16H,2-3,5-7H2,1H3. The zero-order valence-corrected chi connectivity index (χ0v) is 10.6. The van der Waals surface area contributed by atoms with Crippen molar-refractivity contribution < 1.29 is 13.2 Å². The molecule has 7 heteroatoms. The molecule has 0 amide bonds. The molecule has 1 spiro atoms. The highest BCUT2D eigenvalue weighted by Gasteiger charge is 2.46. The second kappa shape index (κ2) is 4.06. The average molecular weight is 272 g/mol. The first-order valence-electron chi connectivity index (χ1n) is 6.27. The topological polar surface area (TPSA) is 41.1 Å². The quantitative estimate of drug-likeness (QED) is 0.843. The summed E-state index contributed by atoms with van der Waals surface area (Å²) in [6.07, 6.45) is -3.33. The Morgan fingerprint density at radius 3 is 2.63 bits per heavy atom. The molecule has 2 aliphatic heterocycles. The summed E-state index contributed by atoms with van der Waals surface area (Å²) < 4.78 is 38.1. The van der Waals surface area contributed by atoms with Crippen LogP contribution in [-0.2, 0) is 6.18 Å². The van der Waals surface area contributed by atoms with Crippen LogP contribution in [0, 0.1) is 12.3 Å². The van der Waals surface area contributed by atoms with E-state index in [2.05, 4.69) is 15.3 Å². The van der Waals surface area contributed by atoms with E-state index in [1.165, 1.54) is 6.92 Å². The second-order valence-electron chi connectivity index (χ2n) is 5.44. The van der Waals surface area contributed by atoms with E-state index >= 15 is 0 Å². The van der Waals surface area contributed by atoms with Crippen molar-refractivity contribution >= 4 is 5.82 Å². The SMILES string of the molecule is Cc1nc(N2CC3(CCNC3)C2)cc(C(F)(F)F)n1. The number of nitrogens with zero attached hydrogens (tertiary/aromatic N) is 3. The Labute approximate surface area is 109 Å². The molecule has 4 nitrogen and oxygen atoms in total. The van der Waals surface area contributed by atoms with Crippen LogP contribution in [0.1, 0.15) is 17.9 Å². The molecule has 2 fully saturated rings. The normalized spacial score (nSPS) is 21.8. The highest BCUT2D eigenvalue weighted by molar-refractivity contribution is 5.45. The first-order chi connectivity index (χ1) is 8.88. The Morgan fingerprint density at radius 1 is 1.32 bits per heavy atom. The van der Waals surface area contributed by atoms with Gasteiger partial charge in [0, 0.05) is 31.1 Å². The van der Waals surface area contributed by atoms with Crippen molar-refractivity contribution in [3.8, 4) is 0 Å². The van der Waals surface area contributed by atoms with Crippen molar-refractivity contribution in [1.82, 2.24) is 15.3 Å². The molecule has 0 bridgehead atoms. The molecule has 2 aliphatic rings. The van der Waals surface area contributed by atoms with E-state index in [-0.39, 0.29) is 11.2 Å². The van der Waals surface area contributed by atoms with Gasteiger partial charge in [-0.25, -0.2) is 9.97 Å². The van der Waals surface area contributed by atoms with Crippen molar-refractivity contribution in [3.63, 3.8) is 0 Å². The smallest absolute Gasteiger partial charge is 0.355 e. The lowest BCUT2D eigenvalue weighted by Gasteiger charge is -2.48. The first kappa shape index (κ1) is 12.7. The molecule has 19 heavy (non-hydrogen) atoms. The molecule has 1 aromatic heterocycles. The van der Waals surface area contributed by atoms with Crippen molar-refractivity contribution in [1.29, 1.82) is 0 Å². The number of hydrogen-bond donors (Lipinski definition) is 1. The fourth-order valence-corrected chi connectivity index (χ4v) is 2.85. The van der Waals surface area contributed by atoms with Gasteiger partial charge in [0.15, 0.2) is 0 Å². The van der Waals surface area contributed by atoms with E-state index in [0.717, 1.165) is 38.7 Å². The molecule has 0 aromatic carbocycles. The monoisotopic (exact) mass is 272 g/mol. The molecule has 0 atom stereocenters. The number of anilines is 1. The lowest BCUT2D eigenvalue weighted by Crippen LogP contribution is -2.57. The highest BCUT2D eigenvalue weighted by atomic mass is 19.4. The zero-order valence-electron chi connectivity index (χ0n) is 10.6. The van der Waals surface area contributed by atoms with Crippen molar-refractivity contribution in [2.24, 2.45) is 5.41 Å². The van der Waals surface area contributed by atoms with Crippen molar-refractivity contribution in [3.05, 3.63) is 17.6 Å². The summed E-state index contributed by atoms with van der Waals surface area (Å²) in [6.45, 7) is 4.97. The molecule has 3 rings (SSSR count). The van der Waals surface area contributed by atoms with Crippen LogP contribution in [-0.4, -0.2) is 36.1 Å². The molecule has 104 valence electrons. The van der Waals surface area contributed by atoms with Gasteiger partial charge in [-0.15, -0.1) is 0 Å². The van der Waals surface area contributed by atoms with E-state index in [1.807, 2.05) is 4.90 Å². The number of aryl methyl sites for hydroxylation is 1. The van der Waals surface area contributed by atoms with Gasteiger partial charge in [0.05, 0.1) is 0 Å². The molecule has 3 heterocycles. The molecule has 2 saturated heterocycles. The van der Waals surface area contributed by atoms with E-state index < -0.39 is 11.9 Å². The third-order valence-corrected chi connectivity index (χ3v) is 3.82. The maximum atomic E-state index is 12.7. The van der Waals surface area contributed by atoms with Crippen LogP contribution >= 0.6 is 0 Å². The van der Waals surface area contributed by atoms with E-state index in [1.54, 1.807) is 0 Å². The van der Waals surface area contributed by atoms with Crippen molar-refractivity contribution in [2.45, 2.75) is 19.5 Å². The van der Waals surface area contributed by atoms with Crippen LogP contribution in [0.4, 0.5) is 19.0 Å². The second-order valence-corrected chi connectivity index (χ2v) is 5.44. The number of aromatic nitrogens is 2. The Balaban J connectivity index is 1.81. The molecule has 0 radical (unpaired) electrons. The van der Waals surface area contributed by atoms with Gasteiger partial charge in [-0.3, -0.25) is 0 Å². The minimum atomic E-state index is -4.42. The molecule has 1 aromatic rings. The molecular formula is C12H15F3N4. The number of hydrogen-bond acceptors (Lipinski definition) is 4. The van der Waals surface area contributed by atoms with Gasteiger partial charge in [0.2, 0.25) is 0 Å². The maximum absolute atomic E-state index is 12.7.